The fourth-order valence-corrected chi connectivity index (χ4v) is 2.43. The number of nitrogens with zero attached hydrogens (tertiary/aromatic N) is 1. The molecule has 0 bridgehead atoms. The maximum Gasteiger partial charge on any atom is 0.293 e. The van der Waals surface area contributed by atoms with E-state index in [1.165, 1.54) is 12.1 Å². The predicted octanol–water partition coefficient (Wildman–Crippen LogP) is 5.67. The van der Waals surface area contributed by atoms with E-state index in [1.807, 2.05) is 0 Å². The number of nitro benzene ring substituents is 1. The molecule has 0 fully saturated rings. The Morgan fingerprint density at radius 3 is 2.40 bits per heavy atom. The van der Waals surface area contributed by atoms with Crippen LogP contribution in [0.5, 0.6) is 0 Å². The molecule has 0 saturated carbocycles. The summed E-state index contributed by atoms with van der Waals surface area (Å²) in [5, 5.41) is 14.9. The summed E-state index contributed by atoms with van der Waals surface area (Å²) in [6, 6.07) is 3.06. The van der Waals surface area contributed by atoms with E-state index in [9.17, 15) is 10.1 Å². The van der Waals surface area contributed by atoms with Crippen molar-refractivity contribution in [1.29, 1.82) is 0 Å². The van der Waals surface area contributed by atoms with Crippen molar-refractivity contribution in [3.8, 4) is 0 Å². The number of halogens is 2. The summed E-state index contributed by atoms with van der Waals surface area (Å²) in [5.74, 6) is 0. The lowest BCUT2D eigenvalue weighted by Gasteiger charge is -2.19. The predicted molar refractivity (Wildman–Crippen MR) is 85.0 cm³/mol. The number of nitrogens with one attached hydrogen (secondary N) is 1. The van der Waals surface area contributed by atoms with Crippen molar-refractivity contribution in [3.05, 3.63) is 32.3 Å². The van der Waals surface area contributed by atoms with Crippen LogP contribution in [0, 0.1) is 10.1 Å². The van der Waals surface area contributed by atoms with Crippen LogP contribution in [0.25, 0.3) is 0 Å². The maximum atomic E-state index is 11.1. The molecule has 6 heteroatoms. The number of anilines is 1. The molecule has 0 radical (unpaired) electrons. The highest BCUT2D eigenvalue weighted by Gasteiger charge is 2.19. The standard InChI is InChI=1S/C14H20Cl2N2O2/c1-3-5-7-10(6-4-2)17-13-8-11(15)12(16)9-14(13)18(19)20/h8-10,17H,3-7H2,1-2H3. The van der Waals surface area contributed by atoms with Crippen molar-refractivity contribution < 1.29 is 4.92 Å². The second-order valence-corrected chi connectivity index (χ2v) is 5.63. The summed E-state index contributed by atoms with van der Waals surface area (Å²) in [6.45, 7) is 4.23. The Hall–Kier alpha value is -1.00. The van der Waals surface area contributed by atoms with Crippen molar-refractivity contribution in [2.75, 3.05) is 5.32 Å². The molecule has 1 aromatic carbocycles. The SMILES string of the molecule is CCCCC(CCC)Nc1cc(Cl)c(Cl)cc1[N+](=O)[O-]. The fourth-order valence-electron chi connectivity index (χ4n) is 2.11. The Bertz CT molecular complexity index is 467. The molecule has 1 aromatic rings. The monoisotopic (exact) mass is 318 g/mol. The number of unbranched alkanes of at least 4 members (excludes halogenated alkanes) is 1. The van der Waals surface area contributed by atoms with E-state index in [-0.39, 0.29) is 16.8 Å². The first kappa shape index (κ1) is 17.1. The Kier molecular flexibility index (Phi) is 7.10. The lowest BCUT2D eigenvalue weighted by atomic mass is 10.0. The van der Waals surface area contributed by atoms with Crippen LogP contribution in [0.2, 0.25) is 10.0 Å². The van der Waals surface area contributed by atoms with Gasteiger partial charge in [-0.05, 0) is 18.9 Å². The molecule has 0 spiro atoms. The molecule has 4 nitrogen and oxygen atoms in total. The van der Waals surface area contributed by atoms with Crippen LogP contribution in [0.3, 0.4) is 0 Å². The molecule has 20 heavy (non-hydrogen) atoms. The van der Waals surface area contributed by atoms with Gasteiger partial charge in [0.15, 0.2) is 0 Å². The molecule has 0 saturated heterocycles. The van der Waals surface area contributed by atoms with Gasteiger partial charge in [0.25, 0.3) is 5.69 Å². The largest absolute Gasteiger partial charge is 0.377 e. The molecule has 0 aliphatic carbocycles. The highest BCUT2D eigenvalue weighted by atomic mass is 35.5. The van der Waals surface area contributed by atoms with Gasteiger partial charge in [-0.3, -0.25) is 10.1 Å². The third-order valence-corrected chi connectivity index (χ3v) is 3.86. The minimum atomic E-state index is -0.437. The summed E-state index contributed by atoms with van der Waals surface area (Å²) >= 11 is 11.8. The zero-order valence-electron chi connectivity index (χ0n) is 11.8. The second-order valence-electron chi connectivity index (χ2n) is 4.81. The van der Waals surface area contributed by atoms with E-state index >= 15 is 0 Å². The van der Waals surface area contributed by atoms with Gasteiger partial charge in [-0.1, -0.05) is 56.3 Å². The molecular weight excluding hydrogens is 299 g/mol. The smallest absolute Gasteiger partial charge is 0.293 e. The highest BCUT2D eigenvalue weighted by molar-refractivity contribution is 6.42. The molecule has 0 aromatic heterocycles. The number of nitro groups is 1. The number of rotatable bonds is 8. The van der Waals surface area contributed by atoms with Gasteiger partial charge in [0, 0.05) is 12.1 Å². The van der Waals surface area contributed by atoms with Crippen LogP contribution in [-0.2, 0) is 0 Å². The zero-order chi connectivity index (χ0) is 15.1. The molecule has 0 heterocycles. The zero-order valence-corrected chi connectivity index (χ0v) is 13.3. The van der Waals surface area contributed by atoms with E-state index < -0.39 is 4.92 Å². The van der Waals surface area contributed by atoms with Gasteiger partial charge in [0.1, 0.15) is 5.69 Å². The molecule has 112 valence electrons. The van der Waals surface area contributed by atoms with Crippen molar-refractivity contribution in [3.63, 3.8) is 0 Å². The topological polar surface area (TPSA) is 55.2 Å². The lowest BCUT2D eigenvalue weighted by molar-refractivity contribution is -0.384. The molecule has 0 aliphatic rings. The van der Waals surface area contributed by atoms with E-state index in [1.54, 1.807) is 0 Å². The Morgan fingerprint density at radius 2 is 1.85 bits per heavy atom. The molecule has 1 unspecified atom stereocenters. The second kappa shape index (κ2) is 8.32. The third-order valence-electron chi connectivity index (χ3n) is 3.14. The van der Waals surface area contributed by atoms with Crippen LogP contribution in [-0.4, -0.2) is 11.0 Å². The van der Waals surface area contributed by atoms with Gasteiger partial charge in [-0.2, -0.15) is 0 Å². The first-order valence-electron chi connectivity index (χ1n) is 6.89. The molecule has 1 rings (SSSR count). The van der Waals surface area contributed by atoms with Crippen LogP contribution < -0.4 is 5.32 Å². The summed E-state index contributed by atoms with van der Waals surface area (Å²) in [5.41, 5.74) is 0.413. The van der Waals surface area contributed by atoms with Crippen molar-refractivity contribution in [1.82, 2.24) is 0 Å². The van der Waals surface area contributed by atoms with Crippen LogP contribution >= 0.6 is 23.2 Å². The molecule has 0 amide bonds. The number of hydrogen-bond acceptors (Lipinski definition) is 3. The fraction of sp³-hybridized carbons (Fsp3) is 0.571. The quantitative estimate of drug-likeness (QED) is 0.496. The van der Waals surface area contributed by atoms with Gasteiger partial charge in [-0.25, -0.2) is 0 Å². The normalized spacial score (nSPS) is 12.2. The first-order chi connectivity index (χ1) is 9.49. The average molecular weight is 319 g/mol. The van der Waals surface area contributed by atoms with Crippen molar-refractivity contribution >= 4 is 34.6 Å². The average Bonchev–Trinajstić information content (AvgIpc) is 2.39. The number of benzene rings is 1. The minimum absolute atomic E-state index is 0.0306. The summed E-state index contributed by atoms with van der Waals surface area (Å²) in [7, 11) is 0. The van der Waals surface area contributed by atoms with E-state index in [0.717, 1.165) is 32.1 Å². The van der Waals surface area contributed by atoms with Crippen molar-refractivity contribution in [2.24, 2.45) is 0 Å². The summed E-state index contributed by atoms with van der Waals surface area (Å²) < 4.78 is 0. The molecular formula is C14H20Cl2N2O2. The van der Waals surface area contributed by atoms with Gasteiger partial charge in [0.05, 0.1) is 15.0 Å². The first-order valence-corrected chi connectivity index (χ1v) is 7.65. The van der Waals surface area contributed by atoms with Crippen LogP contribution in [0.4, 0.5) is 11.4 Å². The Balaban J connectivity index is 2.98. The summed E-state index contributed by atoms with van der Waals surface area (Å²) in [4.78, 5) is 10.7. The van der Waals surface area contributed by atoms with Gasteiger partial charge >= 0.3 is 0 Å². The van der Waals surface area contributed by atoms with Crippen LogP contribution in [0.15, 0.2) is 12.1 Å². The van der Waals surface area contributed by atoms with E-state index in [2.05, 4.69) is 19.2 Å². The molecule has 0 aliphatic heterocycles. The third kappa shape index (κ3) is 4.84. The van der Waals surface area contributed by atoms with E-state index in [4.69, 9.17) is 23.2 Å². The molecule has 1 N–H and O–H groups in total. The maximum absolute atomic E-state index is 11.1. The van der Waals surface area contributed by atoms with Gasteiger partial charge in [0.2, 0.25) is 0 Å². The Labute approximate surface area is 129 Å². The van der Waals surface area contributed by atoms with Gasteiger partial charge in [-0.15, -0.1) is 0 Å². The Morgan fingerprint density at radius 1 is 1.20 bits per heavy atom. The number of hydrogen-bond donors (Lipinski definition) is 1. The minimum Gasteiger partial charge on any atom is -0.377 e. The van der Waals surface area contributed by atoms with E-state index in [0.29, 0.717) is 10.7 Å². The lowest BCUT2D eigenvalue weighted by Crippen LogP contribution is -2.19. The summed E-state index contributed by atoms with van der Waals surface area (Å²) in [6.07, 6.45) is 5.17. The van der Waals surface area contributed by atoms with Crippen LogP contribution in [0.1, 0.15) is 46.0 Å². The molecule has 1 atom stereocenters. The highest BCUT2D eigenvalue weighted by Crippen LogP contribution is 2.34. The van der Waals surface area contributed by atoms with Gasteiger partial charge < -0.3 is 5.32 Å². The van der Waals surface area contributed by atoms with Crippen molar-refractivity contribution in [2.45, 2.75) is 52.0 Å².